The lowest BCUT2D eigenvalue weighted by Gasteiger charge is -2.02. The van der Waals surface area contributed by atoms with E-state index < -0.39 is 0 Å². The van der Waals surface area contributed by atoms with E-state index in [0.29, 0.717) is 0 Å². The molecule has 0 aromatic heterocycles. The molecule has 0 N–H and O–H groups in total. The monoisotopic (exact) mass is 353 g/mol. The highest BCUT2D eigenvalue weighted by Crippen LogP contribution is 2.07. The topological polar surface area (TPSA) is 0 Å². The Morgan fingerprint density at radius 3 is 0.667 bits per heavy atom. The van der Waals surface area contributed by atoms with Crippen LogP contribution in [0.2, 0.25) is 0 Å². The average Bonchev–Trinajstić information content (AvgIpc) is 2.64. The zero-order valence-electron chi connectivity index (χ0n) is 21.8. The van der Waals surface area contributed by atoms with Crippen molar-refractivity contribution in [3.05, 3.63) is 0 Å². The normalized spacial score (nSPS) is 7.38. The van der Waals surface area contributed by atoms with Crippen LogP contribution in [0.15, 0.2) is 0 Å². The molecule has 0 aliphatic rings. The molecule has 0 rings (SSSR count). The highest BCUT2D eigenvalue weighted by atomic mass is 14.0. The predicted molar refractivity (Wildman–Crippen MR) is 128 cm³/mol. The molecule has 0 aliphatic carbocycles. The van der Waals surface area contributed by atoms with Gasteiger partial charge in [0.2, 0.25) is 0 Å². The van der Waals surface area contributed by atoms with Crippen molar-refractivity contribution in [2.45, 2.75) is 156 Å². The Kier molecular flexibility index (Phi) is 284. The molecule has 0 heterocycles. The summed E-state index contributed by atoms with van der Waals surface area (Å²) in [5.41, 5.74) is 0. The van der Waals surface area contributed by atoms with Crippen molar-refractivity contribution in [3.8, 4) is 0 Å². The van der Waals surface area contributed by atoms with Gasteiger partial charge in [-0.3, -0.25) is 0 Å². The zero-order chi connectivity index (χ0) is 21.8. The van der Waals surface area contributed by atoms with E-state index >= 15 is 0 Å². The lowest BCUT2D eigenvalue weighted by atomic mass is 10.0. The van der Waals surface area contributed by atoms with E-state index in [-0.39, 0.29) is 0 Å². The third-order valence-electron chi connectivity index (χ3n) is 1.48. The predicted octanol–water partition coefficient (Wildman–Crippen LogP) is 11.2. The molecule has 0 spiro atoms. The van der Waals surface area contributed by atoms with Crippen LogP contribution >= 0.6 is 0 Å². The van der Waals surface area contributed by atoms with E-state index in [4.69, 9.17) is 0 Å². The third kappa shape index (κ3) is 388. The Balaban J connectivity index is -0.0000000219. The van der Waals surface area contributed by atoms with Crippen LogP contribution in [0.3, 0.4) is 0 Å². The summed E-state index contributed by atoms with van der Waals surface area (Å²) < 4.78 is 0. The van der Waals surface area contributed by atoms with Crippen LogP contribution in [-0.4, -0.2) is 0 Å². The lowest BCUT2D eigenvalue weighted by Crippen LogP contribution is -1.88. The second-order valence-corrected chi connectivity index (χ2v) is 4.42. The average molecular weight is 353 g/mol. The molecular formula is C24H64. The molecule has 160 valence electrons. The zero-order valence-corrected chi connectivity index (χ0v) is 21.8. The summed E-state index contributed by atoms with van der Waals surface area (Å²) in [5.74, 6) is 0.949. The first-order valence-electron chi connectivity index (χ1n) is 11.6. The van der Waals surface area contributed by atoms with Crippen molar-refractivity contribution < 1.29 is 0 Å². The molecule has 0 heteroatoms. The maximum Gasteiger partial charge on any atom is -0.0446 e. The van der Waals surface area contributed by atoms with Gasteiger partial charge in [0.15, 0.2) is 0 Å². The minimum atomic E-state index is 0.949. The summed E-state index contributed by atoms with van der Waals surface area (Å²) >= 11 is 0. The Bertz CT molecular complexity index is 52.3. The molecule has 0 aromatic rings. The molecule has 0 nitrogen and oxygen atoms in total. The van der Waals surface area contributed by atoms with Gasteiger partial charge in [0.05, 0.1) is 0 Å². The van der Waals surface area contributed by atoms with Crippen LogP contribution in [0, 0.1) is 5.92 Å². The number of hydrogen-bond acceptors (Lipinski definition) is 0. The Morgan fingerprint density at radius 2 is 0.625 bits per heavy atom. The van der Waals surface area contributed by atoms with Gasteiger partial charge >= 0.3 is 0 Å². The smallest absolute Gasteiger partial charge is 0.0446 e. The first-order chi connectivity index (χ1) is 11.6. The van der Waals surface area contributed by atoms with Gasteiger partial charge in [0, 0.05) is 0 Å². The van der Waals surface area contributed by atoms with E-state index in [2.05, 4.69) is 62.3 Å². The molecule has 0 unspecified atom stereocenters. The molecule has 0 radical (unpaired) electrons. The molecule has 0 aliphatic heterocycles. The van der Waals surface area contributed by atoms with Gasteiger partial charge < -0.3 is 0 Å². The SMILES string of the molecule is CC.CC.CC.CC.CCC.CCC.CCC.CCC[C@H](C)CC. The molecule has 0 aromatic carbocycles. The molecule has 0 saturated heterocycles. The van der Waals surface area contributed by atoms with Gasteiger partial charge in [-0.05, 0) is 5.92 Å². The van der Waals surface area contributed by atoms with Crippen LogP contribution in [0.25, 0.3) is 0 Å². The summed E-state index contributed by atoms with van der Waals surface area (Å²) in [5, 5.41) is 0. The summed E-state index contributed by atoms with van der Waals surface area (Å²) in [4.78, 5) is 0. The largest absolute Gasteiger partial charge is 0.0683 e. The highest BCUT2D eigenvalue weighted by Gasteiger charge is 1.92. The van der Waals surface area contributed by atoms with Crippen molar-refractivity contribution in [3.63, 3.8) is 0 Å². The van der Waals surface area contributed by atoms with Crippen molar-refractivity contribution in [2.75, 3.05) is 0 Å². The summed E-state index contributed by atoms with van der Waals surface area (Å²) in [7, 11) is 0. The van der Waals surface area contributed by atoms with Crippen molar-refractivity contribution >= 4 is 0 Å². The van der Waals surface area contributed by atoms with Gasteiger partial charge in [-0.25, -0.2) is 0 Å². The van der Waals surface area contributed by atoms with Crippen molar-refractivity contribution in [2.24, 2.45) is 5.92 Å². The third-order valence-corrected chi connectivity index (χ3v) is 1.48. The van der Waals surface area contributed by atoms with Gasteiger partial charge in [-0.1, -0.05) is 156 Å². The highest BCUT2D eigenvalue weighted by molar-refractivity contribution is 4.45. The maximum atomic E-state index is 2.31. The maximum absolute atomic E-state index is 2.31. The van der Waals surface area contributed by atoms with E-state index in [1.807, 2.05) is 55.4 Å². The van der Waals surface area contributed by atoms with Crippen molar-refractivity contribution in [1.82, 2.24) is 0 Å². The summed E-state index contributed by atoms with van der Waals surface area (Å²) in [6.07, 6.45) is 7.83. The first-order valence-corrected chi connectivity index (χ1v) is 11.6. The molecular weight excluding hydrogens is 288 g/mol. The van der Waals surface area contributed by atoms with Gasteiger partial charge in [0.25, 0.3) is 0 Å². The van der Waals surface area contributed by atoms with E-state index in [1.54, 1.807) is 0 Å². The van der Waals surface area contributed by atoms with Gasteiger partial charge in [-0.15, -0.1) is 0 Å². The van der Waals surface area contributed by atoms with Crippen molar-refractivity contribution in [1.29, 1.82) is 0 Å². The molecule has 1 atom stereocenters. The fourth-order valence-electron chi connectivity index (χ4n) is 0.697. The second kappa shape index (κ2) is 137. The Hall–Kier alpha value is 0. The number of hydrogen-bond donors (Lipinski definition) is 0. The van der Waals surface area contributed by atoms with E-state index in [1.165, 1.54) is 38.5 Å². The fraction of sp³-hybridized carbons (Fsp3) is 1.00. The molecule has 0 bridgehead atoms. The van der Waals surface area contributed by atoms with Gasteiger partial charge in [0.1, 0.15) is 0 Å². The second-order valence-electron chi connectivity index (χ2n) is 4.42. The van der Waals surface area contributed by atoms with Crippen LogP contribution < -0.4 is 0 Å². The van der Waals surface area contributed by atoms with E-state index in [0.717, 1.165) is 5.92 Å². The first kappa shape index (κ1) is 49.6. The lowest BCUT2D eigenvalue weighted by molar-refractivity contribution is 0.509. The van der Waals surface area contributed by atoms with Crippen LogP contribution in [-0.2, 0) is 0 Å². The minimum Gasteiger partial charge on any atom is -0.0683 e. The molecule has 0 fully saturated rings. The Labute approximate surface area is 162 Å². The summed E-state index contributed by atoms with van der Waals surface area (Å²) in [6.45, 7) is 35.6. The van der Waals surface area contributed by atoms with Gasteiger partial charge in [-0.2, -0.15) is 0 Å². The van der Waals surface area contributed by atoms with Crippen LogP contribution in [0.5, 0.6) is 0 Å². The number of rotatable bonds is 3. The minimum absolute atomic E-state index is 0.949. The quantitative estimate of drug-likeness (QED) is 0.473. The molecule has 0 amide bonds. The van der Waals surface area contributed by atoms with E-state index in [9.17, 15) is 0 Å². The Morgan fingerprint density at radius 1 is 0.458 bits per heavy atom. The fourth-order valence-corrected chi connectivity index (χ4v) is 0.697. The molecule has 24 heavy (non-hydrogen) atoms. The molecule has 0 saturated carbocycles. The van der Waals surface area contributed by atoms with Crippen LogP contribution in [0.4, 0.5) is 0 Å². The standard InChI is InChI=1S/C7H16.3C3H8.4C2H6/c1-4-6-7(3)5-2;3*1-3-2;4*1-2/h7H,4-6H2,1-3H3;3*3H2,1-2H3;4*1-2H3/t7-;;;;;;;/m1......./s1. The van der Waals surface area contributed by atoms with Crippen LogP contribution in [0.1, 0.15) is 156 Å². The summed E-state index contributed by atoms with van der Waals surface area (Å²) in [6, 6.07) is 0.